The molecule has 0 aromatic heterocycles. The highest BCUT2D eigenvalue weighted by molar-refractivity contribution is 7.92. The second kappa shape index (κ2) is 9.10. The third kappa shape index (κ3) is 5.48. The molecule has 0 radical (unpaired) electrons. The van der Waals surface area contributed by atoms with Crippen molar-refractivity contribution in [2.24, 2.45) is 0 Å². The van der Waals surface area contributed by atoms with Crippen molar-refractivity contribution >= 4 is 21.6 Å². The molecule has 1 N–H and O–H groups in total. The van der Waals surface area contributed by atoms with Crippen molar-refractivity contribution in [3.63, 3.8) is 0 Å². The number of sulfonamides is 1. The van der Waals surface area contributed by atoms with Crippen LogP contribution in [0.4, 0.5) is 5.69 Å². The largest absolute Gasteiger partial charge is 0.494 e. The monoisotopic (exact) mass is 404 g/mol. The van der Waals surface area contributed by atoms with Gasteiger partial charge in [0.15, 0.2) is 0 Å². The summed E-state index contributed by atoms with van der Waals surface area (Å²) in [6.45, 7) is 8.21. The first-order chi connectivity index (χ1) is 13.1. The second-order valence-electron chi connectivity index (χ2n) is 6.80. The number of benzene rings is 2. The molecule has 0 spiro atoms. The smallest absolute Gasteiger partial charge is 0.243 e. The van der Waals surface area contributed by atoms with Crippen LogP contribution >= 0.6 is 0 Å². The lowest BCUT2D eigenvalue weighted by atomic mass is 10.1. The van der Waals surface area contributed by atoms with Crippen LogP contribution < -0.4 is 14.4 Å². The zero-order valence-corrected chi connectivity index (χ0v) is 17.8. The van der Waals surface area contributed by atoms with E-state index in [1.807, 2.05) is 51.1 Å². The molecule has 1 amide bonds. The van der Waals surface area contributed by atoms with Crippen LogP contribution in [0.15, 0.2) is 42.5 Å². The Morgan fingerprint density at radius 3 is 2.46 bits per heavy atom. The molecule has 0 aliphatic rings. The standard InChI is InChI=1S/C21H28N2O4S/c1-6-27-20-9-7-8-18(13-20)14-22-21(24)17(4)23(28(5,25)26)19-11-10-15(2)16(3)12-19/h7-13,17H,6,14H2,1-5H3,(H,22,24)/t17-/m1/s1. The first-order valence-corrected chi connectivity index (χ1v) is 11.0. The van der Waals surface area contributed by atoms with E-state index in [0.717, 1.165) is 33.0 Å². The molecule has 7 heteroatoms. The average Bonchev–Trinajstić information content (AvgIpc) is 2.62. The van der Waals surface area contributed by atoms with Gasteiger partial charge in [0, 0.05) is 6.54 Å². The summed E-state index contributed by atoms with van der Waals surface area (Å²) in [6, 6.07) is 11.9. The van der Waals surface area contributed by atoms with Crippen molar-refractivity contribution in [2.75, 3.05) is 17.2 Å². The van der Waals surface area contributed by atoms with Gasteiger partial charge >= 0.3 is 0 Å². The lowest BCUT2D eigenvalue weighted by Gasteiger charge is -2.28. The first kappa shape index (κ1) is 21.8. The number of anilines is 1. The van der Waals surface area contributed by atoms with Crippen molar-refractivity contribution in [2.45, 2.75) is 40.3 Å². The van der Waals surface area contributed by atoms with Crippen LogP contribution in [0.3, 0.4) is 0 Å². The van der Waals surface area contributed by atoms with Crippen LogP contribution in [0.5, 0.6) is 5.75 Å². The Morgan fingerprint density at radius 2 is 1.86 bits per heavy atom. The summed E-state index contributed by atoms with van der Waals surface area (Å²) in [7, 11) is -3.64. The Labute approximate surface area is 167 Å². The SMILES string of the molecule is CCOc1cccc(CNC(=O)[C@@H](C)N(c2ccc(C)c(C)c2)S(C)(=O)=O)c1. The number of aryl methyl sites for hydroxylation is 2. The van der Waals surface area contributed by atoms with E-state index in [2.05, 4.69) is 5.32 Å². The minimum Gasteiger partial charge on any atom is -0.494 e. The lowest BCUT2D eigenvalue weighted by molar-refractivity contribution is -0.122. The van der Waals surface area contributed by atoms with Gasteiger partial charge in [-0.25, -0.2) is 8.42 Å². The zero-order valence-electron chi connectivity index (χ0n) is 17.0. The van der Waals surface area contributed by atoms with Gasteiger partial charge in [0.1, 0.15) is 11.8 Å². The Morgan fingerprint density at radius 1 is 1.14 bits per heavy atom. The second-order valence-corrected chi connectivity index (χ2v) is 8.66. The summed E-state index contributed by atoms with van der Waals surface area (Å²) >= 11 is 0. The number of hydrogen-bond donors (Lipinski definition) is 1. The van der Waals surface area contributed by atoms with Crippen LogP contribution in [0.1, 0.15) is 30.5 Å². The maximum Gasteiger partial charge on any atom is 0.243 e. The lowest BCUT2D eigenvalue weighted by Crippen LogP contribution is -2.47. The molecule has 0 unspecified atom stereocenters. The molecule has 6 nitrogen and oxygen atoms in total. The fraction of sp³-hybridized carbons (Fsp3) is 0.381. The zero-order chi connectivity index (χ0) is 20.9. The van der Waals surface area contributed by atoms with Crippen molar-refractivity contribution in [3.05, 3.63) is 59.2 Å². The number of carbonyl (C=O) groups excluding carboxylic acids is 1. The molecule has 0 aliphatic heterocycles. The van der Waals surface area contributed by atoms with Crippen molar-refractivity contribution in [1.29, 1.82) is 0 Å². The third-order valence-corrected chi connectivity index (χ3v) is 5.75. The molecule has 0 heterocycles. The highest BCUT2D eigenvalue weighted by Gasteiger charge is 2.29. The maximum absolute atomic E-state index is 12.7. The van der Waals surface area contributed by atoms with E-state index >= 15 is 0 Å². The predicted octanol–water partition coefficient (Wildman–Crippen LogP) is 3.17. The van der Waals surface area contributed by atoms with Gasteiger partial charge in [0.25, 0.3) is 0 Å². The van der Waals surface area contributed by atoms with E-state index in [1.165, 1.54) is 0 Å². The molecular formula is C21H28N2O4S. The molecule has 152 valence electrons. The summed E-state index contributed by atoms with van der Waals surface area (Å²) in [5, 5.41) is 2.82. The first-order valence-electron chi connectivity index (χ1n) is 9.19. The fourth-order valence-electron chi connectivity index (χ4n) is 2.92. The van der Waals surface area contributed by atoms with E-state index in [4.69, 9.17) is 4.74 Å². The van der Waals surface area contributed by atoms with E-state index in [-0.39, 0.29) is 12.5 Å². The van der Waals surface area contributed by atoms with Crippen molar-refractivity contribution in [3.8, 4) is 5.75 Å². The molecule has 0 fully saturated rings. The van der Waals surface area contributed by atoms with E-state index in [9.17, 15) is 13.2 Å². The van der Waals surface area contributed by atoms with Crippen LogP contribution in [0.25, 0.3) is 0 Å². The molecule has 0 aliphatic carbocycles. The molecule has 2 aromatic rings. The normalized spacial score (nSPS) is 12.3. The maximum atomic E-state index is 12.7. The number of amides is 1. The summed E-state index contributed by atoms with van der Waals surface area (Å²) in [6.07, 6.45) is 1.11. The van der Waals surface area contributed by atoms with Crippen LogP contribution in [-0.2, 0) is 21.4 Å². The number of nitrogens with one attached hydrogen (secondary N) is 1. The molecule has 1 atom stereocenters. The van der Waals surface area contributed by atoms with E-state index in [1.54, 1.807) is 19.1 Å². The van der Waals surface area contributed by atoms with E-state index in [0.29, 0.717) is 12.3 Å². The van der Waals surface area contributed by atoms with Gasteiger partial charge in [-0.2, -0.15) is 0 Å². The fourth-order valence-corrected chi connectivity index (χ4v) is 4.09. The highest BCUT2D eigenvalue weighted by Crippen LogP contribution is 2.24. The number of carbonyl (C=O) groups is 1. The van der Waals surface area contributed by atoms with Gasteiger partial charge in [0.2, 0.25) is 15.9 Å². The molecule has 2 aromatic carbocycles. The molecule has 2 rings (SSSR count). The van der Waals surface area contributed by atoms with Gasteiger partial charge in [-0.15, -0.1) is 0 Å². The van der Waals surface area contributed by atoms with Crippen molar-refractivity contribution in [1.82, 2.24) is 5.32 Å². The predicted molar refractivity (Wildman–Crippen MR) is 112 cm³/mol. The number of rotatable bonds is 8. The van der Waals surface area contributed by atoms with Gasteiger partial charge in [-0.3, -0.25) is 9.10 Å². The molecular weight excluding hydrogens is 376 g/mol. The average molecular weight is 405 g/mol. The summed E-state index contributed by atoms with van der Waals surface area (Å²) in [5.74, 6) is 0.362. The Bertz CT molecular complexity index is 941. The number of ether oxygens (including phenoxy) is 1. The number of nitrogens with zero attached hydrogens (tertiary/aromatic N) is 1. The molecule has 0 saturated heterocycles. The quantitative estimate of drug-likeness (QED) is 0.733. The minimum absolute atomic E-state index is 0.286. The topological polar surface area (TPSA) is 75.7 Å². The van der Waals surface area contributed by atoms with Gasteiger partial charge < -0.3 is 10.1 Å². The van der Waals surface area contributed by atoms with Gasteiger partial charge in [-0.05, 0) is 68.7 Å². The van der Waals surface area contributed by atoms with Crippen LogP contribution in [0, 0.1) is 13.8 Å². The summed E-state index contributed by atoms with van der Waals surface area (Å²) in [5.41, 5.74) is 3.38. The Hall–Kier alpha value is -2.54. The Kier molecular flexibility index (Phi) is 7.07. The van der Waals surface area contributed by atoms with E-state index < -0.39 is 16.1 Å². The van der Waals surface area contributed by atoms with Gasteiger partial charge in [0.05, 0.1) is 18.6 Å². The molecule has 0 bridgehead atoms. The minimum atomic E-state index is -3.64. The summed E-state index contributed by atoms with van der Waals surface area (Å²) < 4.78 is 31.4. The summed E-state index contributed by atoms with van der Waals surface area (Å²) in [4.78, 5) is 12.7. The Balaban J connectivity index is 2.17. The molecule has 0 saturated carbocycles. The van der Waals surface area contributed by atoms with Crippen LogP contribution in [-0.4, -0.2) is 33.2 Å². The molecule has 28 heavy (non-hydrogen) atoms. The third-order valence-electron chi connectivity index (χ3n) is 4.51. The highest BCUT2D eigenvalue weighted by atomic mass is 32.2. The van der Waals surface area contributed by atoms with Gasteiger partial charge in [-0.1, -0.05) is 18.2 Å². The number of hydrogen-bond acceptors (Lipinski definition) is 4. The van der Waals surface area contributed by atoms with Crippen LogP contribution in [0.2, 0.25) is 0 Å². The van der Waals surface area contributed by atoms with Crippen molar-refractivity contribution < 1.29 is 17.9 Å².